The summed E-state index contributed by atoms with van der Waals surface area (Å²) in [6.45, 7) is 5.46. The molecule has 0 spiro atoms. The molecule has 0 atom stereocenters. The number of aromatic nitrogens is 3. The molecule has 2 amide bonds. The van der Waals surface area contributed by atoms with Crippen LogP contribution >= 0.6 is 0 Å². The average molecular weight is 375 g/mol. The molecule has 3 aromatic rings. The molecule has 0 bridgehead atoms. The van der Waals surface area contributed by atoms with E-state index in [1.807, 2.05) is 47.0 Å². The smallest absolute Gasteiger partial charge is 0.321 e. The third kappa shape index (κ3) is 3.47. The average Bonchev–Trinajstić information content (AvgIpc) is 3.16. The van der Waals surface area contributed by atoms with Crippen molar-refractivity contribution in [2.75, 3.05) is 36.4 Å². The van der Waals surface area contributed by atoms with Crippen molar-refractivity contribution < 1.29 is 4.79 Å². The number of aryl methyl sites for hydroxylation is 1. The first kappa shape index (κ1) is 17.8. The molecule has 28 heavy (non-hydrogen) atoms. The molecule has 1 aromatic carbocycles. The number of hydrogen-bond acceptors (Lipinski definition) is 5. The highest BCUT2D eigenvalue weighted by molar-refractivity contribution is 5.92. The van der Waals surface area contributed by atoms with E-state index >= 15 is 0 Å². The summed E-state index contributed by atoms with van der Waals surface area (Å²) in [5, 5.41) is 17.3. The second-order valence-electron chi connectivity index (χ2n) is 6.66. The van der Waals surface area contributed by atoms with Crippen LogP contribution in [-0.4, -0.2) is 51.9 Å². The van der Waals surface area contributed by atoms with Crippen LogP contribution in [0, 0.1) is 11.3 Å². The molecule has 1 fully saturated rings. The van der Waals surface area contributed by atoms with Crippen molar-refractivity contribution in [3.05, 3.63) is 48.3 Å². The van der Waals surface area contributed by atoms with E-state index in [4.69, 9.17) is 5.26 Å². The molecule has 1 aliphatic rings. The van der Waals surface area contributed by atoms with Crippen LogP contribution in [0.2, 0.25) is 0 Å². The summed E-state index contributed by atoms with van der Waals surface area (Å²) in [6.07, 6.45) is 3.41. The standard InChI is InChI=1S/C20H21N7O/c1-2-27-18-11-17(5-4-16(18)14-23-27)24-20(28)26-9-7-25(8-10-26)19-6-3-15(12-21)13-22-19/h3-6,11,13-14H,2,7-10H2,1H3,(H,24,28). The lowest BCUT2D eigenvalue weighted by molar-refractivity contribution is 0.208. The van der Waals surface area contributed by atoms with Crippen molar-refractivity contribution in [1.29, 1.82) is 5.26 Å². The number of hydrogen-bond donors (Lipinski definition) is 1. The molecular formula is C20H21N7O. The Labute approximate surface area is 163 Å². The number of benzene rings is 1. The van der Waals surface area contributed by atoms with Crippen LogP contribution in [0.1, 0.15) is 12.5 Å². The van der Waals surface area contributed by atoms with Crippen molar-refractivity contribution >= 4 is 28.4 Å². The predicted molar refractivity (Wildman–Crippen MR) is 107 cm³/mol. The molecule has 2 aromatic heterocycles. The number of rotatable bonds is 3. The van der Waals surface area contributed by atoms with Crippen LogP contribution < -0.4 is 10.2 Å². The van der Waals surface area contributed by atoms with Crippen molar-refractivity contribution in [3.8, 4) is 6.07 Å². The molecule has 8 nitrogen and oxygen atoms in total. The van der Waals surface area contributed by atoms with Gasteiger partial charge in [0.1, 0.15) is 11.9 Å². The lowest BCUT2D eigenvalue weighted by Gasteiger charge is -2.35. The second-order valence-corrected chi connectivity index (χ2v) is 6.66. The predicted octanol–water partition coefficient (Wildman–Crippen LogP) is 2.68. The van der Waals surface area contributed by atoms with Gasteiger partial charge in [0.25, 0.3) is 0 Å². The molecule has 1 aliphatic heterocycles. The summed E-state index contributed by atoms with van der Waals surface area (Å²) in [5.41, 5.74) is 2.32. The van der Waals surface area contributed by atoms with E-state index in [9.17, 15) is 4.79 Å². The van der Waals surface area contributed by atoms with Gasteiger partial charge in [-0.05, 0) is 37.3 Å². The summed E-state index contributed by atoms with van der Waals surface area (Å²) in [7, 11) is 0. The molecular weight excluding hydrogens is 354 g/mol. The minimum atomic E-state index is -0.102. The van der Waals surface area contributed by atoms with Crippen LogP contribution in [0.5, 0.6) is 0 Å². The summed E-state index contributed by atoms with van der Waals surface area (Å²) < 4.78 is 1.91. The fourth-order valence-electron chi connectivity index (χ4n) is 3.38. The summed E-state index contributed by atoms with van der Waals surface area (Å²) in [6, 6.07) is 11.4. The zero-order valence-electron chi connectivity index (χ0n) is 15.7. The normalized spacial score (nSPS) is 14.1. The van der Waals surface area contributed by atoms with Crippen molar-refractivity contribution in [1.82, 2.24) is 19.7 Å². The molecule has 0 radical (unpaired) electrons. The number of carbonyl (C=O) groups excluding carboxylic acids is 1. The van der Waals surface area contributed by atoms with E-state index in [-0.39, 0.29) is 6.03 Å². The molecule has 0 aliphatic carbocycles. The second kappa shape index (κ2) is 7.56. The van der Waals surface area contributed by atoms with E-state index in [0.29, 0.717) is 31.7 Å². The van der Waals surface area contributed by atoms with Gasteiger partial charge in [-0.1, -0.05) is 0 Å². The van der Waals surface area contributed by atoms with Crippen molar-refractivity contribution in [3.63, 3.8) is 0 Å². The Morgan fingerprint density at radius 2 is 2.00 bits per heavy atom. The molecule has 142 valence electrons. The number of anilines is 2. The summed E-state index contributed by atoms with van der Waals surface area (Å²) in [4.78, 5) is 20.9. The first-order valence-corrected chi connectivity index (χ1v) is 9.30. The monoisotopic (exact) mass is 375 g/mol. The highest BCUT2D eigenvalue weighted by Crippen LogP contribution is 2.20. The molecule has 1 N–H and O–H groups in total. The minimum Gasteiger partial charge on any atom is -0.353 e. The highest BCUT2D eigenvalue weighted by atomic mass is 16.2. The number of nitrogens with zero attached hydrogens (tertiary/aromatic N) is 6. The van der Waals surface area contributed by atoms with Gasteiger partial charge in [-0.25, -0.2) is 9.78 Å². The summed E-state index contributed by atoms with van der Waals surface area (Å²) >= 11 is 0. The van der Waals surface area contributed by atoms with Crippen LogP contribution in [0.15, 0.2) is 42.7 Å². The van der Waals surface area contributed by atoms with Crippen LogP contribution in [-0.2, 0) is 6.54 Å². The number of carbonyl (C=O) groups is 1. The van der Waals surface area contributed by atoms with Crippen molar-refractivity contribution in [2.45, 2.75) is 13.5 Å². The highest BCUT2D eigenvalue weighted by Gasteiger charge is 2.22. The van der Waals surface area contributed by atoms with E-state index in [1.165, 1.54) is 0 Å². The van der Waals surface area contributed by atoms with Gasteiger partial charge >= 0.3 is 6.03 Å². The molecule has 1 saturated heterocycles. The van der Waals surface area contributed by atoms with Crippen molar-refractivity contribution in [2.24, 2.45) is 0 Å². The molecule has 8 heteroatoms. The van der Waals surface area contributed by atoms with Gasteiger partial charge in [-0.15, -0.1) is 0 Å². The molecule has 0 saturated carbocycles. The molecule has 3 heterocycles. The van der Waals surface area contributed by atoms with Gasteiger partial charge in [0.15, 0.2) is 0 Å². The number of nitriles is 1. The van der Waals surface area contributed by atoms with Gasteiger partial charge < -0.3 is 15.1 Å². The van der Waals surface area contributed by atoms with Crippen LogP contribution in [0.25, 0.3) is 10.9 Å². The van der Waals surface area contributed by atoms with Gasteiger partial charge in [-0.2, -0.15) is 10.4 Å². The summed E-state index contributed by atoms with van der Waals surface area (Å²) in [5.74, 6) is 0.831. The van der Waals surface area contributed by atoms with E-state index in [0.717, 1.165) is 29.0 Å². The Hall–Kier alpha value is -3.60. The maximum absolute atomic E-state index is 12.6. The van der Waals surface area contributed by atoms with Gasteiger partial charge in [0, 0.05) is 50.0 Å². The topological polar surface area (TPSA) is 90.1 Å². The van der Waals surface area contributed by atoms with Crippen LogP contribution in [0.3, 0.4) is 0 Å². The number of nitrogens with one attached hydrogen (secondary N) is 1. The number of urea groups is 1. The van der Waals surface area contributed by atoms with Gasteiger partial charge in [-0.3, -0.25) is 4.68 Å². The van der Waals surface area contributed by atoms with E-state index in [1.54, 1.807) is 12.3 Å². The third-order valence-electron chi connectivity index (χ3n) is 4.96. The maximum atomic E-state index is 12.6. The largest absolute Gasteiger partial charge is 0.353 e. The zero-order valence-corrected chi connectivity index (χ0v) is 15.7. The Morgan fingerprint density at radius 3 is 2.68 bits per heavy atom. The van der Waals surface area contributed by atoms with Crippen LogP contribution in [0.4, 0.5) is 16.3 Å². The first-order valence-electron chi connectivity index (χ1n) is 9.30. The molecule has 0 unspecified atom stereocenters. The van der Waals surface area contributed by atoms with Gasteiger partial charge in [0.05, 0.1) is 17.3 Å². The lowest BCUT2D eigenvalue weighted by Crippen LogP contribution is -2.50. The number of piperazine rings is 1. The Bertz CT molecular complexity index is 1030. The Kier molecular flexibility index (Phi) is 4.81. The van der Waals surface area contributed by atoms with E-state index < -0.39 is 0 Å². The number of pyridine rings is 1. The quantitative estimate of drug-likeness (QED) is 0.760. The third-order valence-corrected chi connectivity index (χ3v) is 4.96. The van der Waals surface area contributed by atoms with E-state index in [2.05, 4.69) is 26.4 Å². The number of amides is 2. The van der Waals surface area contributed by atoms with Gasteiger partial charge in [0.2, 0.25) is 0 Å². The Balaban J connectivity index is 1.38. The minimum absolute atomic E-state index is 0.102. The zero-order chi connectivity index (χ0) is 19.5. The molecule has 4 rings (SSSR count). The fourth-order valence-corrected chi connectivity index (χ4v) is 3.38. The maximum Gasteiger partial charge on any atom is 0.321 e. The SMILES string of the molecule is CCn1ncc2ccc(NC(=O)N3CCN(c4ccc(C#N)cn4)CC3)cc21. The lowest BCUT2D eigenvalue weighted by atomic mass is 10.2. The fraction of sp³-hybridized carbons (Fsp3) is 0.300. The Morgan fingerprint density at radius 1 is 1.18 bits per heavy atom. The number of fused-ring (bicyclic) bond motifs is 1. The first-order chi connectivity index (χ1) is 13.7.